The highest BCUT2D eigenvalue weighted by atomic mass is 79.9. The second kappa shape index (κ2) is 5.40. The minimum absolute atomic E-state index is 0.0218. The van der Waals surface area contributed by atoms with Crippen molar-refractivity contribution in [2.45, 2.75) is 12.5 Å². The number of nitrogens with zero attached hydrogens (tertiary/aromatic N) is 1. The molecule has 0 saturated carbocycles. The molecule has 1 unspecified atom stereocenters. The number of nitrogens with one attached hydrogen (secondary N) is 1. The first-order valence-electron chi connectivity index (χ1n) is 5.38. The number of aromatic nitrogens is 1. The maximum Gasteiger partial charge on any atom is 0.0739 e. The number of halogens is 1. The molecule has 1 atom stereocenters. The van der Waals surface area contributed by atoms with E-state index in [4.69, 9.17) is 5.84 Å². The summed E-state index contributed by atoms with van der Waals surface area (Å²) < 4.78 is 0.959. The summed E-state index contributed by atoms with van der Waals surface area (Å²) >= 11 is 3.54. The van der Waals surface area contributed by atoms with Crippen LogP contribution in [0.15, 0.2) is 47.5 Å². The lowest BCUT2D eigenvalue weighted by molar-refractivity contribution is 0.547. The van der Waals surface area contributed by atoms with Crippen molar-refractivity contribution in [3.05, 3.63) is 53.2 Å². The fraction of sp³-hybridized carbons (Fsp3) is 0.154. The molecule has 0 spiro atoms. The standard InChI is InChI=1S/C13H14BrN3/c1-2-5-12(17-15)13-10(14)8-9-6-3-4-7-11(9)16-13/h2-4,6-8,12,17H,1,5,15H2. The monoisotopic (exact) mass is 291 g/mol. The molecule has 0 aliphatic rings. The van der Waals surface area contributed by atoms with Gasteiger partial charge in [0.05, 0.1) is 17.3 Å². The van der Waals surface area contributed by atoms with Crippen LogP contribution in [-0.2, 0) is 0 Å². The summed E-state index contributed by atoms with van der Waals surface area (Å²) in [6, 6.07) is 10.0. The Balaban J connectivity index is 2.52. The van der Waals surface area contributed by atoms with Crippen LogP contribution in [0, 0.1) is 0 Å². The lowest BCUT2D eigenvalue weighted by Gasteiger charge is -2.15. The van der Waals surface area contributed by atoms with Gasteiger partial charge < -0.3 is 0 Å². The second-order valence-corrected chi connectivity index (χ2v) is 4.65. The summed E-state index contributed by atoms with van der Waals surface area (Å²) in [7, 11) is 0. The van der Waals surface area contributed by atoms with Crippen molar-refractivity contribution in [1.82, 2.24) is 10.4 Å². The van der Waals surface area contributed by atoms with Crippen molar-refractivity contribution in [3.8, 4) is 0 Å². The summed E-state index contributed by atoms with van der Waals surface area (Å²) in [4.78, 5) is 4.63. The summed E-state index contributed by atoms with van der Waals surface area (Å²) in [6.07, 6.45) is 2.56. The van der Waals surface area contributed by atoms with Crippen LogP contribution in [0.2, 0.25) is 0 Å². The first-order chi connectivity index (χ1) is 8.26. The molecule has 17 heavy (non-hydrogen) atoms. The van der Waals surface area contributed by atoms with E-state index in [1.165, 1.54) is 0 Å². The van der Waals surface area contributed by atoms with E-state index >= 15 is 0 Å². The molecule has 2 aromatic rings. The van der Waals surface area contributed by atoms with Crippen LogP contribution in [0.4, 0.5) is 0 Å². The van der Waals surface area contributed by atoms with Crippen molar-refractivity contribution in [2.75, 3.05) is 0 Å². The average Bonchev–Trinajstić information content (AvgIpc) is 2.35. The average molecular weight is 292 g/mol. The molecule has 1 aromatic carbocycles. The van der Waals surface area contributed by atoms with E-state index < -0.39 is 0 Å². The molecule has 1 heterocycles. The molecule has 3 nitrogen and oxygen atoms in total. The highest BCUT2D eigenvalue weighted by Gasteiger charge is 2.14. The summed E-state index contributed by atoms with van der Waals surface area (Å²) in [5, 5.41) is 1.11. The Morgan fingerprint density at radius 1 is 1.47 bits per heavy atom. The van der Waals surface area contributed by atoms with Gasteiger partial charge in [-0.25, -0.2) is 4.98 Å². The third-order valence-corrected chi connectivity index (χ3v) is 3.27. The Hall–Kier alpha value is -1.23. The van der Waals surface area contributed by atoms with Gasteiger partial charge in [-0.1, -0.05) is 24.3 Å². The van der Waals surface area contributed by atoms with E-state index in [1.54, 1.807) is 0 Å². The van der Waals surface area contributed by atoms with E-state index in [0.29, 0.717) is 0 Å². The van der Waals surface area contributed by atoms with Gasteiger partial charge in [0, 0.05) is 9.86 Å². The van der Waals surface area contributed by atoms with Gasteiger partial charge in [0.15, 0.2) is 0 Å². The zero-order valence-corrected chi connectivity index (χ0v) is 10.9. The summed E-state index contributed by atoms with van der Waals surface area (Å²) in [6.45, 7) is 3.73. The van der Waals surface area contributed by atoms with E-state index in [-0.39, 0.29) is 6.04 Å². The third kappa shape index (κ3) is 2.54. The lowest BCUT2D eigenvalue weighted by Crippen LogP contribution is -2.28. The van der Waals surface area contributed by atoms with E-state index in [9.17, 15) is 0 Å². The van der Waals surface area contributed by atoms with Gasteiger partial charge >= 0.3 is 0 Å². The lowest BCUT2D eigenvalue weighted by atomic mass is 10.1. The quantitative estimate of drug-likeness (QED) is 0.517. The minimum atomic E-state index is -0.0218. The van der Waals surface area contributed by atoms with Crippen LogP contribution in [0.25, 0.3) is 10.9 Å². The van der Waals surface area contributed by atoms with Crippen molar-refractivity contribution in [2.24, 2.45) is 5.84 Å². The largest absolute Gasteiger partial charge is 0.271 e. The number of hydrazine groups is 1. The molecule has 0 radical (unpaired) electrons. The number of pyridine rings is 1. The molecular weight excluding hydrogens is 278 g/mol. The predicted molar refractivity (Wildman–Crippen MR) is 74.3 cm³/mol. The molecule has 0 fully saturated rings. The molecule has 0 aliphatic carbocycles. The fourth-order valence-corrected chi connectivity index (χ4v) is 2.39. The maximum absolute atomic E-state index is 5.55. The number of hydrogen-bond donors (Lipinski definition) is 2. The zero-order valence-electron chi connectivity index (χ0n) is 9.36. The number of rotatable bonds is 4. The number of nitrogens with two attached hydrogens (primary N) is 1. The second-order valence-electron chi connectivity index (χ2n) is 3.79. The van der Waals surface area contributed by atoms with Gasteiger partial charge in [-0.15, -0.1) is 6.58 Å². The highest BCUT2D eigenvalue weighted by molar-refractivity contribution is 9.10. The molecular formula is C13H14BrN3. The van der Waals surface area contributed by atoms with Crippen molar-refractivity contribution < 1.29 is 0 Å². The SMILES string of the molecule is C=CCC(NN)c1nc2ccccc2cc1Br. The molecule has 88 valence electrons. The topological polar surface area (TPSA) is 50.9 Å². The van der Waals surface area contributed by atoms with Crippen LogP contribution in [-0.4, -0.2) is 4.98 Å². The summed E-state index contributed by atoms with van der Waals surface area (Å²) in [5.74, 6) is 5.55. The number of hydrogen-bond acceptors (Lipinski definition) is 3. The van der Waals surface area contributed by atoms with Gasteiger partial charge in [-0.05, 0) is 34.5 Å². The molecule has 4 heteroatoms. The number of benzene rings is 1. The van der Waals surface area contributed by atoms with Crippen molar-refractivity contribution >= 4 is 26.8 Å². The van der Waals surface area contributed by atoms with Crippen LogP contribution in [0.1, 0.15) is 18.2 Å². The number of fused-ring (bicyclic) bond motifs is 1. The van der Waals surface area contributed by atoms with Gasteiger partial charge in [-0.3, -0.25) is 11.3 Å². The Morgan fingerprint density at radius 3 is 2.94 bits per heavy atom. The molecule has 0 saturated heterocycles. The van der Waals surface area contributed by atoms with Gasteiger partial charge in [-0.2, -0.15) is 0 Å². The summed E-state index contributed by atoms with van der Waals surface area (Å²) in [5.41, 5.74) is 4.64. The first kappa shape index (κ1) is 12.2. The Kier molecular flexibility index (Phi) is 3.89. The van der Waals surface area contributed by atoms with Crippen LogP contribution in [0.5, 0.6) is 0 Å². The molecule has 0 bridgehead atoms. The molecule has 0 amide bonds. The van der Waals surface area contributed by atoms with Crippen LogP contribution >= 0.6 is 15.9 Å². The van der Waals surface area contributed by atoms with Gasteiger partial charge in [0.2, 0.25) is 0 Å². The smallest absolute Gasteiger partial charge is 0.0739 e. The Morgan fingerprint density at radius 2 is 2.24 bits per heavy atom. The molecule has 3 N–H and O–H groups in total. The van der Waals surface area contributed by atoms with Crippen LogP contribution < -0.4 is 11.3 Å². The van der Waals surface area contributed by atoms with Crippen molar-refractivity contribution in [1.29, 1.82) is 0 Å². The number of para-hydroxylation sites is 1. The molecule has 0 aliphatic heterocycles. The Labute approximate surface area is 109 Å². The Bertz CT molecular complexity index is 539. The minimum Gasteiger partial charge on any atom is -0.271 e. The van der Waals surface area contributed by atoms with E-state index in [0.717, 1.165) is 27.5 Å². The molecule has 1 aromatic heterocycles. The van der Waals surface area contributed by atoms with Gasteiger partial charge in [0.1, 0.15) is 0 Å². The predicted octanol–water partition coefficient (Wildman–Crippen LogP) is 3.08. The van der Waals surface area contributed by atoms with Crippen LogP contribution in [0.3, 0.4) is 0 Å². The van der Waals surface area contributed by atoms with E-state index in [1.807, 2.05) is 30.3 Å². The maximum atomic E-state index is 5.55. The fourth-order valence-electron chi connectivity index (χ4n) is 1.77. The first-order valence-corrected chi connectivity index (χ1v) is 6.17. The molecule has 2 rings (SSSR count). The third-order valence-electron chi connectivity index (χ3n) is 2.64. The van der Waals surface area contributed by atoms with Gasteiger partial charge in [0.25, 0.3) is 0 Å². The van der Waals surface area contributed by atoms with Crippen molar-refractivity contribution in [3.63, 3.8) is 0 Å². The highest BCUT2D eigenvalue weighted by Crippen LogP contribution is 2.27. The van der Waals surface area contributed by atoms with E-state index in [2.05, 4.69) is 39.0 Å². The normalized spacial score (nSPS) is 12.6. The zero-order chi connectivity index (χ0) is 12.3.